The first kappa shape index (κ1) is 12.1. The van der Waals surface area contributed by atoms with Crippen LogP contribution >= 0.6 is 0 Å². The lowest BCUT2D eigenvalue weighted by atomic mass is 10.2. The summed E-state index contributed by atoms with van der Waals surface area (Å²) in [5.41, 5.74) is 5.72. The highest BCUT2D eigenvalue weighted by atomic mass is 16.3. The van der Waals surface area contributed by atoms with Gasteiger partial charge in [-0.1, -0.05) is 0 Å². The summed E-state index contributed by atoms with van der Waals surface area (Å²) in [5.74, 6) is 1.68. The van der Waals surface area contributed by atoms with Crippen molar-refractivity contribution in [2.24, 2.45) is 5.73 Å². The molecule has 0 bridgehead atoms. The maximum atomic E-state index is 9.69. The van der Waals surface area contributed by atoms with Gasteiger partial charge >= 0.3 is 0 Å². The van der Waals surface area contributed by atoms with E-state index in [0.29, 0.717) is 19.5 Å². The Balaban J connectivity index is 2.24. The van der Waals surface area contributed by atoms with Crippen LogP contribution in [-0.4, -0.2) is 54.4 Å². The summed E-state index contributed by atoms with van der Waals surface area (Å²) in [6, 6.07) is 2.08. The van der Waals surface area contributed by atoms with E-state index in [1.165, 1.54) is 0 Å². The van der Waals surface area contributed by atoms with Gasteiger partial charge in [0.15, 0.2) is 0 Å². The van der Waals surface area contributed by atoms with E-state index in [4.69, 9.17) is 5.73 Å². The molecule has 2 heterocycles. The first-order valence-electron chi connectivity index (χ1n) is 5.76. The molecule has 17 heavy (non-hydrogen) atoms. The van der Waals surface area contributed by atoms with Crippen molar-refractivity contribution in [1.82, 2.24) is 9.97 Å². The molecule has 1 fully saturated rings. The second kappa shape index (κ2) is 4.85. The number of rotatable bonds is 3. The molecule has 0 aliphatic carbocycles. The highest BCUT2D eigenvalue weighted by Crippen LogP contribution is 2.25. The van der Waals surface area contributed by atoms with Crippen LogP contribution in [0.15, 0.2) is 12.4 Å². The van der Waals surface area contributed by atoms with Crippen LogP contribution < -0.4 is 15.5 Å². The molecule has 0 saturated carbocycles. The molecule has 6 nitrogen and oxygen atoms in total. The van der Waals surface area contributed by atoms with Gasteiger partial charge in [-0.3, -0.25) is 0 Å². The fourth-order valence-electron chi connectivity index (χ4n) is 2.13. The third-order valence-electron chi connectivity index (χ3n) is 3.06. The largest absolute Gasteiger partial charge is 0.391 e. The fraction of sp³-hybridized carbons (Fsp3) is 0.636. The van der Waals surface area contributed by atoms with Crippen molar-refractivity contribution in [3.63, 3.8) is 0 Å². The van der Waals surface area contributed by atoms with Crippen LogP contribution in [0.4, 0.5) is 11.6 Å². The van der Waals surface area contributed by atoms with Gasteiger partial charge in [-0.15, -0.1) is 0 Å². The summed E-state index contributed by atoms with van der Waals surface area (Å²) >= 11 is 0. The van der Waals surface area contributed by atoms with E-state index in [2.05, 4.69) is 14.9 Å². The first-order chi connectivity index (χ1) is 8.11. The summed E-state index contributed by atoms with van der Waals surface area (Å²) in [4.78, 5) is 12.4. The Morgan fingerprint density at radius 1 is 1.53 bits per heavy atom. The van der Waals surface area contributed by atoms with Gasteiger partial charge in [0.05, 0.1) is 6.10 Å². The maximum absolute atomic E-state index is 9.69. The first-order valence-corrected chi connectivity index (χ1v) is 5.76. The molecule has 0 radical (unpaired) electrons. The van der Waals surface area contributed by atoms with Crippen molar-refractivity contribution in [2.45, 2.75) is 18.6 Å². The molecule has 1 aromatic heterocycles. The molecule has 0 aromatic carbocycles. The SMILES string of the molecule is CN(C)c1cc(N2CC(O)CC2CN)ncn1. The number of anilines is 2. The van der Waals surface area contributed by atoms with Crippen LogP contribution in [0.2, 0.25) is 0 Å². The Kier molecular flexibility index (Phi) is 3.44. The Morgan fingerprint density at radius 2 is 2.29 bits per heavy atom. The molecule has 1 aliphatic rings. The molecule has 1 aliphatic heterocycles. The van der Waals surface area contributed by atoms with Crippen molar-refractivity contribution in [1.29, 1.82) is 0 Å². The van der Waals surface area contributed by atoms with Gasteiger partial charge in [0.25, 0.3) is 0 Å². The molecular weight excluding hydrogens is 218 g/mol. The van der Waals surface area contributed by atoms with Crippen LogP contribution in [0.25, 0.3) is 0 Å². The highest BCUT2D eigenvalue weighted by molar-refractivity contribution is 5.50. The standard InChI is InChI=1S/C11H19N5O/c1-15(2)10-4-11(14-7-13-10)16-6-9(17)3-8(16)5-12/h4,7-9,17H,3,5-6,12H2,1-2H3. The number of aliphatic hydroxyl groups excluding tert-OH is 1. The topological polar surface area (TPSA) is 78.5 Å². The van der Waals surface area contributed by atoms with E-state index in [1.54, 1.807) is 6.33 Å². The Morgan fingerprint density at radius 3 is 2.94 bits per heavy atom. The zero-order valence-corrected chi connectivity index (χ0v) is 10.2. The zero-order chi connectivity index (χ0) is 12.4. The summed E-state index contributed by atoms with van der Waals surface area (Å²) in [6.45, 7) is 1.12. The molecular formula is C11H19N5O. The molecule has 1 aromatic rings. The number of aromatic nitrogens is 2. The molecule has 2 unspecified atom stereocenters. The summed E-state index contributed by atoms with van der Waals surface area (Å²) in [6.07, 6.45) is 1.93. The Bertz CT molecular complexity index is 384. The third-order valence-corrected chi connectivity index (χ3v) is 3.06. The average Bonchev–Trinajstić information content (AvgIpc) is 2.70. The lowest BCUT2D eigenvalue weighted by Crippen LogP contribution is -2.36. The summed E-state index contributed by atoms with van der Waals surface area (Å²) in [5, 5.41) is 9.69. The van der Waals surface area contributed by atoms with Gasteiger partial charge in [0.1, 0.15) is 18.0 Å². The minimum Gasteiger partial charge on any atom is -0.391 e. The normalized spacial score (nSPS) is 24.1. The predicted molar refractivity (Wildman–Crippen MR) is 67.2 cm³/mol. The average molecular weight is 237 g/mol. The quantitative estimate of drug-likeness (QED) is 0.734. The van der Waals surface area contributed by atoms with E-state index in [1.807, 2.05) is 25.1 Å². The number of hydrogen-bond donors (Lipinski definition) is 2. The third kappa shape index (κ3) is 2.48. The van der Waals surface area contributed by atoms with Gasteiger partial charge in [-0.05, 0) is 6.42 Å². The highest BCUT2D eigenvalue weighted by Gasteiger charge is 2.30. The maximum Gasteiger partial charge on any atom is 0.134 e. The predicted octanol–water partition coefficient (Wildman–Crippen LogP) is -0.559. The number of nitrogens with two attached hydrogens (primary N) is 1. The molecule has 1 saturated heterocycles. The number of β-amino-alcohol motifs (C(OH)–C–C–N with tert-alkyl or cyclic N) is 1. The van der Waals surface area contributed by atoms with E-state index in [-0.39, 0.29) is 12.1 Å². The van der Waals surface area contributed by atoms with Crippen LogP contribution in [0.3, 0.4) is 0 Å². The molecule has 2 atom stereocenters. The molecule has 0 spiro atoms. The number of hydrogen-bond acceptors (Lipinski definition) is 6. The van der Waals surface area contributed by atoms with E-state index in [0.717, 1.165) is 11.6 Å². The van der Waals surface area contributed by atoms with Gasteiger partial charge < -0.3 is 20.6 Å². The zero-order valence-electron chi connectivity index (χ0n) is 10.2. The smallest absolute Gasteiger partial charge is 0.134 e. The second-order valence-corrected chi connectivity index (χ2v) is 4.56. The van der Waals surface area contributed by atoms with Crippen molar-refractivity contribution >= 4 is 11.6 Å². The Labute approximate surface area is 101 Å². The van der Waals surface area contributed by atoms with Gasteiger partial charge in [0, 0.05) is 39.3 Å². The van der Waals surface area contributed by atoms with Crippen molar-refractivity contribution < 1.29 is 5.11 Å². The van der Waals surface area contributed by atoms with Crippen molar-refractivity contribution in [3.05, 3.63) is 12.4 Å². The number of aliphatic hydroxyl groups is 1. The van der Waals surface area contributed by atoms with Crippen LogP contribution in [0, 0.1) is 0 Å². The lowest BCUT2D eigenvalue weighted by molar-refractivity contribution is 0.194. The number of nitrogens with zero attached hydrogens (tertiary/aromatic N) is 4. The lowest BCUT2D eigenvalue weighted by Gasteiger charge is -2.24. The molecule has 3 N–H and O–H groups in total. The van der Waals surface area contributed by atoms with E-state index >= 15 is 0 Å². The Hall–Kier alpha value is -1.40. The fourth-order valence-corrected chi connectivity index (χ4v) is 2.13. The van der Waals surface area contributed by atoms with Gasteiger partial charge in [-0.2, -0.15) is 0 Å². The van der Waals surface area contributed by atoms with Crippen molar-refractivity contribution in [3.8, 4) is 0 Å². The molecule has 94 valence electrons. The minimum absolute atomic E-state index is 0.162. The van der Waals surface area contributed by atoms with Gasteiger partial charge in [-0.25, -0.2) is 9.97 Å². The summed E-state index contributed by atoms with van der Waals surface area (Å²) in [7, 11) is 3.87. The van der Waals surface area contributed by atoms with Crippen LogP contribution in [0.1, 0.15) is 6.42 Å². The second-order valence-electron chi connectivity index (χ2n) is 4.56. The summed E-state index contributed by atoms with van der Waals surface area (Å²) < 4.78 is 0. The van der Waals surface area contributed by atoms with E-state index in [9.17, 15) is 5.11 Å². The molecule has 2 rings (SSSR count). The van der Waals surface area contributed by atoms with E-state index < -0.39 is 0 Å². The monoisotopic (exact) mass is 237 g/mol. The molecule has 0 amide bonds. The van der Waals surface area contributed by atoms with Gasteiger partial charge in [0.2, 0.25) is 0 Å². The van der Waals surface area contributed by atoms with Crippen molar-refractivity contribution in [2.75, 3.05) is 37.0 Å². The van der Waals surface area contributed by atoms with Crippen LogP contribution in [-0.2, 0) is 0 Å². The van der Waals surface area contributed by atoms with Crippen LogP contribution in [0.5, 0.6) is 0 Å². The minimum atomic E-state index is -0.318. The molecule has 6 heteroatoms.